The Bertz CT molecular complexity index is 813. The van der Waals surface area contributed by atoms with Crippen molar-refractivity contribution in [1.29, 1.82) is 0 Å². The summed E-state index contributed by atoms with van der Waals surface area (Å²) < 4.78 is 10.8. The molecule has 1 fully saturated rings. The van der Waals surface area contributed by atoms with Crippen LogP contribution < -0.4 is 20.7 Å². The van der Waals surface area contributed by atoms with E-state index in [-0.39, 0.29) is 17.9 Å². The Hall–Kier alpha value is -2.45. The number of aromatic nitrogens is 2. The molecule has 0 spiro atoms. The van der Waals surface area contributed by atoms with Gasteiger partial charge in [0.15, 0.2) is 6.29 Å². The number of fused-ring (bicyclic) bond motifs is 1. The number of hydrogen-bond acceptors (Lipinski definition) is 7. The van der Waals surface area contributed by atoms with Gasteiger partial charge in [-0.2, -0.15) is 0 Å². The lowest BCUT2D eigenvalue weighted by molar-refractivity contribution is -0.129. The fraction of sp³-hybridized carbons (Fsp3) is 0.526. The number of nitrogens with zero attached hydrogens (tertiary/aromatic N) is 2. The highest BCUT2D eigenvalue weighted by Gasteiger charge is 2.33. The Morgan fingerprint density at radius 1 is 1.30 bits per heavy atom. The molecule has 1 aromatic heterocycles. The molecule has 8 nitrogen and oxygen atoms in total. The smallest absolute Gasteiger partial charge is 0.227 e. The molecule has 1 aliphatic heterocycles. The van der Waals surface area contributed by atoms with Crippen molar-refractivity contribution in [3.63, 3.8) is 0 Å². The molecular formula is C19H27N5O3. The van der Waals surface area contributed by atoms with Gasteiger partial charge in [0.1, 0.15) is 11.3 Å². The number of aryl methyl sites for hydroxylation is 1. The van der Waals surface area contributed by atoms with Gasteiger partial charge in [0.05, 0.1) is 18.2 Å². The number of anilines is 1. The van der Waals surface area contributed by atoms with Gasteiger partial charge in [-0.25, -0.2) is 9.97 Å². The molecule has 8 heteroatoms. The van der Waals surface area contributed by atoms with Crippen LogP contribution in [-0.4, -0.2) is 48.5 Å². The van der Waals surface area contributed by atoms with E-state index in [0.29, 0.717) is 25.6 Å². The van der Waals surface area contributed by atoms with Gasteiger partial charge < -0.3 is 20.1 Å². The molecule has 3 N–H and O–H groups in total. The zero-order valence-corrected chi connectivity index (χ0v) is 16.2. The van der Waals surface area contributed by atoms with E-state index in [1.54, 1.807) is 7.11 Å². The number of para-hydroxylation sites is 1. The molecule has 1 aliphatic rings. The Morgan fingerprint density at radius 3 is 2.81 bits per heavy atom. The number of carbonyl (C=O) groups excluding carboxylic acids is 1. The molecule has 0 bridgehead atoms. The van der Waals surface area contributed by atoms with Gasteiger partial charge in [-0.05, 0) is 33.3 Å². The Morgan fingerprint density at radius 2 is 2.11 bits per heavy atom. The molecule has 0 saturated carbocycles. The van der Waals surface area contributed by atoms with Crippen molar-refractivity contribution in [2.24, 2.45) is 5.92 Å². The average Bonchev–Trinajstić information content (AvgIpc) is 2.62. The minimum atomic E-state index is -0.442. The zero-order chi connectivity index (χ0) is 19.4. The van der Waals surface area contributed by atoms with Crippen LogP contribution in [0.4, 0.5) is 5.95 Å². The lowest BCUT2D eigenvalue weighted by Crippen LogP contribution is -2.63. The molecule has 1 amide bonds. The summed E-state index contributed by atoms with van der Waals surface area (Å²) in [5.41, 5.74) is 1.60. The van der Waals surface area contributed by atoms with Crippen molar-refractivity contribution in [3.8, 4) is 5.75 Å². The van der Waals surface area contributed by atoms with E-state index >= 15 is 0 Å². The molecular weight excluding hydrogens is 346 g/mol. The van der Waals surface area contributed by atoms with E-state index in [1.807, 2.05) is 39.0 Å². The Balaban J connectivity index is 1.79. The largest absolute Gasteiger partial charge is 0.492 e. The third-order valence-corrected chi connectivity index (χ3v) is 4.74. The fourth-order valence-corrected chi connectivity index (χ4v) is 3.35. The SMILES string of the molecule is CCOc1cccc2c(C)nc(NC3NC(=O)C(CCOC)C(C)N3)nc12. The minimum absolute atomic E-state index is 0.00643. The number of rotatable bonds is 7. The quantitative estimate of drug-likeness (QED) is 0.681. The van der Waals surface area contributed by atoms with Gasteiger partial charge in [0, 0.05) is 25.1 Å². The lowest BCUT2D eigenvalue weighted by atomic mass is 9.95. The maximum Gasteiger partial charge on any atom is 0.227 e. The van der Waals surface area contributed by atoms with Crippen LogP contribution in [0.25, 0.3) is 10.9 Å². The molecule has 1 saturated heterocycles. The molecule has 3 unspecified atom stereocenters. The molecule has 2 heterocycles. The van der Waals surface area contributed by atoms with Gasteiger partial charge in [-0.1, -0.05) is 12.1 Å². The van der Waals surface area contributed by atoms with Gasteiger partial charge in [-0.15, -0.1) is 0 Å². The van der Waals surface area contributed by atoms with Gasteiger partial charge in [0.2, 0.25) is 11.9 Å². The molecule has 2 aromatic rings. The predicted molar refractivity (Wildman–Crippen MR) is 104 cm³/mol. The van der Waals surface area contributed by atoms with Crippen LogP contribution in [-0.2, 0) is 9.53 Å². The standard InChI is InChI=1S/C19H27N5O3/c1-5-27-15-8-6-7-13-11(2)20-18(22-16(13)15)24-19-21-12(3)14(9-10-26-4)17(25)23-19/h6-8,12,14,19,21H,5,9-10H2,1-4H3,(H,23,25)(H,20,22,24). The predicted octanol–water partition coefficient (Wildman–Crippen LogP) is 1.79. The third-order valence-electron chi connectivity index (χ3n) is 4.74. The van der Waals surface area contributed by atoms with Gasteiger partial charge in [-0.3, -0.25) is 10.1 Å². The number of carbonyl (C=O) groups is 1. The minimum Gasteiger partial charge on any atom is -0.492 e. The first-order valence-corrected chi connectivity index (χ1v) is 9.25. The number of benzene rings is 1. The van der Waals surface area contributed by atoms with Crippen molar-refractivity contribution in [3.05, 3.63) is 23.9 Å². The van der Waals surface area contributed by atoms with E-state index in [1.165, 1.54) is 0 Å². The number of amides is 1. The van der Waals surface area contributed by atoms with E-state index in [9.17, 15) is 4.79 Å². The van der Waals surface area contributed by atoms with Crippen molar-refractivity contribution in [2.75, 3.05) is 25.6 Å². The summed E-state index contributed by atoms with van der Waals surface area (Å²) in [6.07, 6.45) is 0.231. The average molecular weight is 373 g/mol. The van der Waals surface area contributed by atoms with Gasteiger partial charge in [0.25, 0.3) is 0 Å². The first-order valence-electron chi connectivity index (χ1n) is 9.25. The first kappa shape index (κ1) is 19.3. The summed E-state index contributed by atoms with van der Waals surface area (Å²) in [4.78, 5) is 21.6. The number of methoxy groups -OCH3 is 1. The zero-order valence-electron chi connectivity index (χ0n) is 16.2. The second-order valence-corrected chi connectivity index (χ2v) is 6.65. The molecule has 0 radical (unpaired) electrons. The van der Waals surface area contributed by atoms with Crippen LogP contribution in [0, 0.1) is 12.8 Å². The third kappa shape index (κ3) is 4.28. The van der Waals surface area contributed by atoms with Crippen molar-refractivity contribution < 1.29 is 14.3 Å². The van der Waals surface area contributed by atoms with Crippen molar-refractivity contribution >= 4 is 22.8 Å². The highest BCUT2D eigenvalue weighted by atomic mass is 16.5. The van der Waals surface area contributed by atoms with E-state index in [0.717, 1.165) is 22.3 Å². The normalized spacial score (nSPS) is 22.5. The number of nitrogens with one attached hydrogen (secondary N) is 3. The second kappa shape index (κ2) is 8.49. The lowest BCUT2D eigenvalue weighted by Gasteiger charge is -2.35. The highest BCUT2D eigenvalue weighted by Crippen LogP contribution is 2.26. The van der Waals surface area contributed by atoms with Crippen LogP contribution in [0.5, 0.6) is 5.75 Å². The number of ether oxygens (including phenoxy) is 2. The second-order valence-electron chi connectivity index (χ2n) is 6.65. The summed E-state index contributed by atoms with van der Waals surface area (Å²) in [6, 6.07) is 5.80. The fourth-order valence-electron chi connectivity index (χ4n) is 3.35. The highest BCUT2D eigenvalue weighted by molar-refractivity contribution is 5.87. The Labute approximate surface area is 159 Å². The summed E-state index contributed by atoms with van der Waals surface area (Å²) in [5.74, 6) is 1.01. The van der Waals surface area contributed by atoms with E-state index in [2.05, 4.69) is 25.9 Å². The summed E-state index contributed by atoms with van der Waals surface area (Å²) >= 11 is 0. The van der Waals surface area contributed by atoms with Crippen LogP contribution >= 0.6 is 0 Å². The van der Waals surface area contributed by atoms with Crippen molar-refractivity contribution in [2.45, 2.75) is 39.5 Å². The Kier molecular flexibility index (Phi) is 6.08. The topological polar surface area (TPSA) is 97.4 Å². The molecule has 3 atom stereocenters. The van der Waals surface area contributed by atoms with E-state index in [4.69, 9.17) is 9.47 Å². The van der Waals surface area contributed by atoms with Crippen LogP contribution in [0.15, 0.2) is 18.2 Å². The molecule has 1 aromatic carbocycles. The van der Waals surface area contributed by atoms with Crippen LogP contribution in [0.2, 0.25) is 0 Å². The summed E-state index contributed by atoms with van der Waals surface area (Å²) in [5, 5.41) is 10.4. The van der Waals surface area contributed by atoms with Crippen molar-refractivity contribution in [1.82, 2.24) is 20.6 Å². The van der Waals surface area contributed by atoms with Crippen LogP contribution in [0.1, 0.15) is 26.0 Å². The molecule has 0 aliphatic carbocycles. The first-order chi connectivity index (χ1) is 13.0. The molecule has 3 rings (SSSR count). The summed E-state index contributed by atoms with van der Waals surface area (Å²) in [6.45, 7) is 6.98. The van der Waals surface area contributed by atoms with Crippen LogP contribution in [0.3, 0.4) is 0 Å². The summed E-state index contributed by atoms with van der Waals surface area (Å²) in [7, 11) is 1.64. The number of hydrogen-bond donors (Lipinski definition) is 3. The maximum absolute atomic E-state index is 12.4. The maximum atomic E-state index is 12.4. The van der Waals surface area contributed by atoms with Gasteiger partial charge >= 0.3 is 0 Å². The molecule has 146 valence electrons. The molecule has 27 heavy (non-hydrogen) atoms. The monoisotopic (exact) mass is 373 g/mol. The van der Waals surface area contributed by atoms with E-state index < -0.39 is 6.29 Å².